The van der Waals surface area contributed by atoms with E-state index in [9.17, 15) is 9.59 Å². The predicted octanol–water partition coefficient (Wildman–Crippen LogP) is 1.56. The van der Waals surface area contributed by atoms with Gasteiger partial charge in [-0.05, 0) is 12.1 Å². The van der Waals surface area contributed by atoms with Crippen LogP contribution < -0.4 is 10.6 Å². The smallest absolute Gasteiger partial charge is 0.314 e. The van der Waals surface area contributed by atoms with Gasteiger partial charge in [-0.1, -0.05) is 28.1 Å². The highest BCUT2D eigenvalue weighted by molar-refractivity contribution is 9.10. The van der Waals surface area contributed by atoms with Gasteiger partial charge in [0.15, 0.2) is 5.78 Å². The number of rotatable bonds is 3. The number of hydrogen-bond donors (Lipinski definition) is 2. The maximum Gasteiger partial charge on any atom is 0.314 e. The van der Waals surface area contributed by atoms with Crippen LogP contribution in [-0.2, 0) is 0 Å². The molecule has 2 amide bonds. The lowest BCUT2D eigenvalue weighted by molar-refractivity contribution is 0.0992. The molecule has 1 aromatic carbocycles. The average molecular weight is 271 g/mol. The Kier molecular flexibility index (Phi) is 4.30. The summed E-state index contributed by atoms with van der Waals surface area (Å²) < 4.78 is 0.915. The third-order valence-electron chi connectivity index (χ3n) is 1.80. The fraction of sp³-hybridized carbons (Fsp3) is 0.200. The first-order chi connectivity index (χ1) is 7.13. The molecule has 1 rings (SSSR count). The first-order valence-corrected chi connectivity index (χ1v) is 5.17. The van der Waals surface area contributed by atoms with Crippen molar-refractivity contribution in [1.82, 2.24) is 10.6 Å². The van der Waals surface area contributed by atoms with Crippen molar-refractivity contribution >= 4 is 27.7 Å². The van der Waals surface area contributed by atoms with E-state index in [4.69, 9.17) is 0 Å². The summed E-state index contributed by atoms with van der Waals surface area (Å²) in [4.78, 5) is 22.3. The van der Waals surface area contributed by atoms with Gasteiger partial charge in [0.2, 0.25) is 0 Å². The molecule has 2 N–H and O–H groups in total. The molecule has 0 aromatic heterocycles. The van der Waals surface area contributed by atoms with Crippen molar-refractivity contribution in [1.29, 1.82) is 0 Å². The zero-order chi connectivity index (χ0) is 11.3. The van der Waals surface area contributed by atoms with Crippen molar-refractivity contribution in [3.05, 3.63) is 34.3 Å². The van der Waals surface area contributed by atoms with Gasteiger partial charge in [0.25, 0.3) is 0 Å². The minimum atomic E-state index is -0.361. The zero-order valence-corrected chi connectivity index (χ0v) is 9.80. The SMILES string of the molecule is CNC(=O)NCC(=O)c1ccc(Br)cc1. The van der Waals surface area contributed by atoms with E-state index in [1.165, 1.54) is 7.05 Å². The summed E-state index contributed by atoms with van der Waals surface area (Å²) in [6.07, 6.45) is 0. The lowest BCUT2D eigenvalue weighted by atomic mass is 10.1. The largest absolute Gasteiger partial charge is 0.341 e. The number of urea groups is 1. The Hall–Kier alpha value is -1.36. The lowest BCUT2D eigenvalue weighted by Crippen LogP contribution is -2.36. The minimum absolute atomic E-state index is 0.00130. The minimum Gasteiger partial charge on any atom is -0.341 e. The van der Waals surface area contributed by atoms with E-state index in [-0.39, 0.29) is 18.4 Å². The molecule has 4 nitrogen and oxygen atoms in total. The number of benzene rings is 1. The topological polar surface area (TPSA) is 58.2 Å². The van der Waals surface area contributed by atoms with Gasteiger partial charge in [-0.15, -0.1) is 0 Å². The number of nitrogens with one attached hydrogen (secondary N) is 2. The molecule has 0 aliphatic heterocycles. The number of carbonyl (C=O) groups excluding carboxylic acids is 2. The van der Waals surface area contributed by atoms with Crippen LogP contribution in [-0.4, -0.2) is 25.4 Å². The number of hydrogen-bond acceptors (Lipinski definition) is 2. The maximum atomic E-state index is 11.5. The third kappa shape index (κ3) is 3.71. The van der Waals surface area contributed by atoms with E-state index < -0.39 is 0 Å². The highest BCUT2D eigenvalue weighted by atomic mass is 79.9. The molecular formula is C10H11BrN2O2. The van der Waals surface area contributed by atoms with Gasteiger partial charge in [0.1, 0.15) is 0 Å². The standard InChI is InChI=1S/C10H11BrN2O2/c1-12-10(15)13-6-9(14)7-2-4-8(11)5-3-7/h2-5H,6H2,1H3,(H2,12,13,15). The van der Waals surface area contributed by atoms with E-state index >= 15 is 0 Å². The van der Waals surface area contributed by atoms with Crippen molar-refractivity contribution in [2.24, 2.45) is 0 Å². The van der Waals surface area contributed by atoms with Crippen molar-refractivity contribution in [3.8, 4) is 0 Å². The van der Waals surface area contributed by atoms with Gasteiger partial charge in [-0.25, -0.2) is 4.79 Å². The van der Waals surface area contributed by atoms with Crippen LogP contribution in [0, 0.1) is 0 Å². The maximum absolute atomic E-state index is 11.5. The van der Waals surface area contributed by atoms with Crippen LogP contribution in [0.15, 0.2) is 28.7 Å². The molecule has 80 valence electrons. The second-order valence-electron chi connectivity index (χ2n) is 2.86. The van der Waals surface area contributed by atoms with Crippen LogP contribution in [0.2, 0.25) is 0 Å². The molecule has 0 radical (unpaired) electrons. The summed E-state index contributed by atoms with van der Waals surface area (Å²) in [5.74, 6) is -0.119. The number of Topliss-reactive ketones (excluding diaryl/α,β-unsaturated/α-hetero) is 1. The quantitative estimate of drug-likeness (QED) is 0.820. The van der Waals surface area contributed by atoms with Gasteiger partial charge in [0.05, 0.1) is 6.54 Å². The normalized spacial score (nSPS) is 9.47. The summed E-state index contributed by atoms with van der Waals surface area (Å²) in [7, 11) is 1.50. The van der Waals surface area contributed by atoms with E-state index in [0.29, 0.717) is 5.56 Å². The van der Waals surface area contributed by atoms with E-state index in [1.54, 1.807) is 24.3 Å². The molecule has 0 saturated carbocycles. The Morgan fingerprint density at radius 1 is 1.27 bits per heavy atom. The molecule has 5 heteroatoms. The molecule has 0 spiro atoms. The molecular weight excluding hydrogens is 260 g/mol. The van der Waals surface area contributed by atoms with Crippen LogP contribution >= 0.6 is 15.9 Å². The number of ketones is 1. The zero-order valence-electron chi connectivity index (χ0n) is 8.21. The fourth-order valence-electron chi connectivity index (χ4n) is 0.987. The molecule has 1 aromatic rings. The number of amides is 2. The van der Waals surface area contributed by atoms with Gasteiger partial charge >= 0.3 is 6.03 Å². The average Bonchev–Trinajstić information content (AvgIpc) is 2.26. The Morgan fingerprint density at radius 3 is 2.40 bits per heavy atom. The third-order valence-corrected chi connectivity index (χ3v) is 2.33. The van der Waals surface area contributed by atoms with E-state index in [1.807, 2.05) is 0 Å². The summed E-state index contributed by atoms with van der Waals surface area (Å²) in [5, 5.41) is 4.81. The van der Waals surface area contributed by atoms with E-state index in [2.05, 4.69) is 26.6 Å². The molecule has 0 fully saturated rings. The number of carbonyl (C=O) groups is 2. The van der Waals surface area contributed by atoms with Crippen molar-refractivity contribution in [2.75, 3.05) is 13.6 Å². The van der Waals surface area contributed by atoms with Gasteiger partial charge in [-0.3, -0.25) is 4.79 Å². The Bertz CT molecular complexity index is 362. The summed E-state index contributed by atoms with van der Waals surface area (Å²) in [6, 6.07) is 6.62. The second-order valence-corrected chi connectivity index (χ2v) is 3.78. The van der Waals surface area contributed by atoms with Crippen LogP contribution in [0.3, 0.4) is 0 Å². The van der Waals surface area contributed by atoms with Gasteiger partial charge < -0.3 is 10.6 Å². The predicted molar refractivity (Wildman–Crippen MR) is 60.9 cm³/mol. The monoisotopic (exact) mass is 270 g/mol. The molecule has 0 saturated heterocycles. The van der Waals surface area contributed by atoms with Crippen LogP contribution in [0.4, 0.5) is 4.79 Å². The second kappa shape index (κ2) is 5.50. The van der Waals surface area contributed by atoms with Gasteiger partial charge in [0, 0.05) is 17.1 Å². The first-order valence-electron chi connectivity index (χ1n) is 4.38. The summed E-state index contributed by atoms with van der Waals surface area (Å²) >= 11 is 3.28. The van der Waals surface area contributed by atoms with Gasteiger partial charge in [-0.2, -0.15) is 0 Å². The number of halogens is 1. The van der Waals surface area contributed by atoms with Crippen molar-refractivity contribution in [2.45, 2.75) is 0 Å². The van der Waals surface area contributed by atoms with Crippen LogP contribution in [0.1, 0.15) is 10.4 Å². The molecule has 0 heterocycles. The van der Waals surface area contributed by atoms with Crippen LogP contribution in [0.25, 0.3) is 0 Å². The summed E-state index contributed by atoms with van der Waals surface area (Å²) in [6.45, 7) is 0.00130. The molecule has 0 atom stereocenters. The van der Waals surface area contributed by atoms with Crippen LogP contribution in [0.5, 0.6) is 0 Å². The Labute approximate surface area is 96.2 Å². The molecule has 0 unspecified atom stereocenters. The highest BCUT2D eigenvalue weighted by Gasteiger charge is 2.06. The molecule has 0 aliphatic carbocycles. The van der Waals surface area contributed by atoms with Crippen molar-refractivity contribution < 1.29 is 9.59 Å². The summed E-state index contributed by atoms with van der Waals surface area (Å²) in [5.41, 5.74) is 0.578. The fourth-order valence-corrected chi connectivity index (χ4v) is 1.25. The van der Waals surface area contributed by atoms with Crippen molar-refractivity contribution in [3.63, 3.8) is 0 Å². The molecule has 0 aliphatic rings. The molecule has 0 bridgehead atoms. The first kappa shape index (κ1) is 11.7. The molecule has 15 heavy (non-hydrogen) atoms. The Morgan fingerprint density at radius 2 is 1.87 bits per heavy atom. The Balaban J connectivity index is 2.54. The lowest BCUT2D eigenvalue weighted by Gasteiger charge is -2.03. The van der Waals surface area contributed by atoms with E-state index in [0.717, 1.165) is 4.47 Å². The highest BCUT2D eigenvalue weighted by Crippen LogP contribution is 2.10.